The van der Waals surface area contributed by atoms with Gasteiger partial charge in [0.15, 0.2) is 0 Å². The van der Waals surface area contributed by atoms with Gasteiger partial charge >= 0.3 is 0 Å². The lowest BCUT2D eigenvalue weighted by molar-refractivity contribution is 0.551. The van der Waals surface area contributed by atoms with Crippen LogP contribution in [0.25, 0.3) is 0 Å². The molecule has 21 heavy (non-hydrogen) atoms. The van der Waals surface area contributed by atoms with Crippen LogP contribution in [0.15, 0.2) is 39.3 Å². The van der Waals surface area contributed by atoms with Gasteiger partial charge in [-0.25, -0.2) is 0 Å². The smallest absolute Gasteiger partial charge is 0.0501 e. The molecule has 2 aromatic carbocycles. The van der Waals surface area contributed by atoms with Gasteiger partial charge in [0.05, 0.1) is 6.04 Å². The van der Waals surface area contributed by atoms with Gasteiger partial charge in [0.25, 0.3) is 0 Å². The molecule has 0 radical (unpaired) electrons. The Morgan fingerprint density at radius 2 is 1.76 bits per heavy atom. The summed E-state index contributed by atoms with van der Waals surface area (Å²) in [4.78, 5) is 0. The number of nitrogens with two attached hydrogens (primary N) is 1. The second-order valence-corrected chi connectivity index (χ2v) is 7.24. The average molecular weight is 433 g/mol. The number of hydrazine groups is 1. The fourth-order valence-electron chi connectivity index (χ4n) is 2.36. The highest BCUT2D eigenvalue weighted by molar-refractivity contribution is 9.10. The number of nitrogens with one attached hydrogen (secondary N) is 1. The molecular formula is C16H17Br2ClN2. The molecule has 0 saturated carbocycles. The third-order valence-electron chi connectivity index (χ3n) is 3.50. The molecule has 2 nitrogen and oxygen atoms in total. The van der Waals surface area contributed by atoms with Crippen LogP contribution in [0.4, 0.5) is 0 Å². The predicted octanol–water partition coefficient (Wildman–Crippen LogP) is 5.23. The topological polar surface area (TPSA) is 38.0 Å². The van der Waals surface area contributed by atoms with Crippen LogP contribution in [0.2, 0.25) is 5.02 Å². The Kier molecular flexibility index (Phi) is 5.86. The maximum absolute atomic E-state index is 6.30. The van der Waals surface area contributed by atoms with E-state index in [1.807, 2.05) is 18.2 Å². The summed E-state index contributed by atoms with van der Waals surface area (Å²) in [5.41, 5.74) is 7.53. The zero-order chi connectivity index (χ0) is 15.6. The average Bonchev–Trinajstić information content (AvgIpc) is 2.43. The Morgan fingerprint density at radius 3 is 2.29 bits per heavy atom. The number of benzene rings is 2. The summed E-state index contributed by atoms with van der Waals surface area (Å²) in [7, 11) is 0. The van der Waals surface area contributed by atoms with Crippen LogP contribution in [0, 0.1) is 13.8 Å². The van der Waals surface area contributed by atoms with E-state index in [0.717, 1.165) is 31.5 Å². The fraction of sp³-hybridized carbons (Fsp3) is 0.250. The lowest BCUT2D eigenvalue weighted by Crippen LogP contribution is -2.29. The van der Waals surface area contributed by atoms with E-state index in [9.17, 15) is 0 Å². The monoisotopic (exact) mass is 430 g/mol. The predicted molar refractivity (Wildman–Crippen MR) is 96.5 cm³/mol. The van der Waals surface area contributed by atoms with E-state index in [0.29, 0.717) is 0 Å². The summed E-state index contributed by atoms with van der Waals surface area (Å²) in [6.07, 6.45) is 0.739. The zero-order valence-electron chi connectivity index (χ0n) is 11.9. The molecule has 0 aliphatic carbocycles. The lowest BCUT2D eigenvalue weighted by atomic mass is 9.96. The van der Waals surface area contributed by atoms with Crippen molar-refractivity contribution >= 4 is 43.5 Å². The SMILES string of the molecule is Cc1cc(C(Cc2ccc(Br)cc2Cl)NN)cc(C)c1Br. The number of rotatable bonds is 4. The number of halogens is 3. The van der Waals surface area contributed by atoms with Gasteiger partial charge in [0, 0.05) is 14.0 Å². The summed E-state index contributed by atoms with van der Waals surface area (Å²) in [6.45, 7) is 4.17. The van der Waals surface area contributed by atoms with Crippen LogP contribution in [0.3, 0.4) is 0 Å². The molecule has 0 aliphatic rings. The molecule has 0 fully saturated rings. The summed E-state index contributed by atoms with van der Waals surface area (Å²) in [6, 6.07) is 10.2. The quantitative estimate of drug-likeness (QED) is 0.513. The van der Waals surface area contributed by atoms with Crippen LogP contribution in [0.1, 0.15) is 28.3 Å². The van der Waals surface area contributed by atoms with E-state index >= 15 is 0 Å². The molecule has 3 N–H and O–H groups in total. The van der Waals surface area contributed by atoms with Gasteiger partial charge in [0.1, 0.15) is 0 Å². The Labute approximate surface area is 147 Å². The zero-order valence-corrected chi connectivity index (χ0v) is 15.8. The van der Waals surface area contributed by atoms with Gasteiger partial charge in [-0.2, -0.15) is 0 Å². The third-order valence-corrected chi connectivity index (χ3v) is 5.60. The normalized spacial score (nSPS) is 12.5. The van der Waals surface area contributed by atoms with Crippen LogP contribution in [-0.4, -0.2) is 0 Å². The Balaban J connectivity index is 2.32. The maximum atomic E-state index is 6.30. The van der Waals surface area contributed by atoms with Crippen molar-refractivity contribution in [3.8, 4) is 0 Å². The molecule has 0 saturated heterocycles. The Morgan fingerprint density at radius 1 is 1.14 bits per heavy atom. The van der Waals surface area contributed by atoms with E-state index in [1.165, 1.54) is 11.1 Å². The molecule has 0 aromatic heterocycles. The Bertz CT molecular complexity index is 636. The van der Waals surface area contributed by atoms with Crippen molar-refractivity contribution in [1.29, 1.82) is 0 Å². The van der Waals surface area contributed by atoms with Crippen molar-refractivity contribution < 1.29 is 0 Å². The molecule has 2 aromatic rings. The highest BCUT2D eigenvalue weighted by Gasteiger charge is 2.15. The Hall–Kier alpha value is -0.390. The summed E-state index contributed by atoms with van der Waals surface area (Å²) < 4.78 is 2.12. The molecular weight excluding hydrogens is 415 g/mol. The third kappa shape index (κ3) is 4.08. The van der Waals surface area contributed by atoms with Gasteiger partial charge < -0.3 is 0 Å². The molecule has 0 heterocycles. The van der Waals surface area contributed by atoms with E-state index in [1.54, 1.807) is 0 Å². The van der Waals surface area contributed by atoms with E-state index in [-0.39, 0.29) is 6.04 Å². The first-order chi connectivity index (χ1) is 9.92. The van der Waals surface area contributed by atoms with Crippen molar-refractivity contribution in [2.24, 2.45) is 5.84 Å². The van der Waals surface area contributed by atoms with Crippen molar-refractivity contribution in [3.05, 3.63) is 66.6 Å². The van der Waals surface area contributed by atoms with Crippen LogP contribution >= 0.6 is 43.5 Å². The van der Waals surface area contributed by atoms with E-state index < -0.39 is 0 Å². The maximum Gasteiger partial charge on any atom is 0.0501 e. The number of hydrogen-bond acceptors (Lipinski definition) is 2. The first-order valence-electron chi connectivity index (χ1n) is 6.59. The second kappa shape index (κ2) is 7.25. The van der Waals surface area contributed by atoms with Crippen LogP contribution in [-0.2, 0) is 6.42 Å². The first-order valence-corrected chi connectivity index (χ1v) is 8.55. The molecule has 0 spiro atoms. The molecule has 1 atom stereocenters. The van der Waals surface area contributed by atoms with Crippen LogP contribution in [0.5, 0.6) is 0 Å². The standard InChI is InChI=1S/C16H17Br2ClN2/c1-9-5-12(6-10(2)16(9)18)15(21-20)7-11-3-4-13(17)8-14(11)19/h3-6,8,15,21H,7,20H2,1-2H3. The summed E-state index contributed by atoms with van der Waals surface area (Å²) in [5.74, 6) is 5.76. The van der Waals surface area contributed by atoms with Crippen molar-refractivity contribution in [3.63, 3.8) is 0 Å². The van der Waals surface area contributed by atoms with Gasteiger partial charge in [-0.1, -0.05) is 61.7 Å². The minimum Gasteiger partial charge on any atom is -0.271 e. The van der Waals surface area contributed by atoms with Gasteiger partial charge in [0.2, 0.25) is 0 Å². The molecule has 2 rings (SSSR count). The first kappa shape index (κ1) is 17.0. The lowest BCUT2D eigenvalue weighted by Gasteiger charge is -2.19. The minimum atomic E-state index is 0.0224. The largest absolute Gasteiger partial charge is 0.271 e. The second-order valence-electron chi connectivity index (χ2n) is 5.13. The van der Waals surface area contributed by atoms with E-state index in [4.69, 9.17) is 17.4 Å². The fourth-order valence-corrected chi connectivity index (χ4v) is 3.34. The minimum absolute atomic E-state index is 0.0224. The van der Waals surface area contributed by atoms with E-state index in [2.05, 4.69) is 63.3 Å². The molecule has 0 amide bonds. The molecule has 5 heteroatoms. The van der Waals surface area contributed by atoms with Crippen molar-refractivity contribution in [1.82, 2.24) is 5.43 Å². The summed E-state index contributed by atoms with van der Waals surface area (Å²) in [5, 5.41) is 0.746. The van der Waals surface area contributed by atoms with Crippen LogP contribution < -0.4 is 11.3 Å². The number of aryl methyl sites for hydroxylation is 2. The van der Waals surface area contributed by atoms with Gasteiger partial charge in [-0.05, 0) is 54.7 Å². The molecule has 0 aliphatic heterocycles. The molecule has 1 unspecified atom stereocenters. The van der Waals surface area contributed by atoms with Crippen molar-refractivity contribution in [2.75, 3.05) is 0 Å². The highest BCUT2D eigenvalue weighted by Crippen LogP contribution is 2.29. The molecule has 112 valence electrons. The van der Waals surface area contributed by atoms with Gasteiger partial charge in [-0.15, -0.1) is 0 Å². The highest BCUT2D eigenvalue weighted by atomic mass is 79.9. The summed E-state index contributed by atoms with van der Waals surface area (Å²) >= 11 is 13.3. The van der Waals surface area contributed by atoms with Gasteiger partial charge in [-0.3, -0.25) is 11.3 Å². The van der Waals surface area contributed by atoms with Crippen molar-refractivity contribution in [2.45, 2.75) is 26.3 Å². The molecule has 0 bridgehead atoms. The number of hydrogen-bond donors (Lipinski definition) is 2.